The van der Waals surface area contributed by atoms with Gasteiger partial charge in [-0.05, 0) is 44.4 Å². The van der Waals surface area contributed by atoms with E-state index >= 15 is 0 Å². The normalized spacial score (nSPS) is 17.9. The van der Waals surface area contributed by atoms with Gasteiger partial charge < -0.3 is 10.0 Å². The molecule has 1 aromatic heterocycles. The summed E-state index contributed by atoms with van der Waals surface area (Å²) in [5.74, 6) is -0.210. The first kappa shape index (κ1) is 19.5. The van der Waals surface area contributed by atoms with Crippen LogP contribution in [0, 0.1) is 13.8 Å². The Labute approximate surface area is 160 Å². The van der Waals surface area contributed by atoms with Crippen molar-refractivity contribution in [2.24, 2.45) is 0 Å². The molecule has 1 N–H and O–H groups in total. The van der Waals surface area contributed by atoms with Gasteiger partial charge in [-0.1, -0.05) is 29.0 Å². The lowest BCUT2D eigenvalue weighted by Crippen LogP contribution is -2.36. The standard InChI is InChI=1S/C20H29N5O2/c1-15-6-7-17(16(2)11-15)12-24-8-4-5-18(13-24)25-14-19(21-22-25)20(27)23(3)9-10-26/h6-7,11,14,18,26H,4-5,8-10,12-13H2,1-3H3/t18-/m1/s1. The zero-order chi connectivity index (χ0) is 19.4. The number of piperidine rings is 1. The number of hydrogen-bond acceptors (Lipinski definition) is 5. The molecule has 1 aromatic carbocycles. The molecule has 0 saturated carbocycles. The van der Waals surface area contributed by atoms with Gasteiger partial charge >= 0.3 is 0 Å². The predicted molar refractivity (Wildman–Crippen MR) is 104 cm³/mol. The maximum Gasteiger partial charge on any atom is 0.275 e. The van der Waals surface area contributed by atoms with Crippen molar-refractivity contribution < 1.29 is 9.90 Å². The Balaban J connectivity index is 1.65. The van der Waals surface area contributed by atoms with Crippen molar-refractivity contribution in [2.75, 3.05) is 33.3 Å². The molecule has 2 aromatic rings. The third-order valence-electron chi connectivity index (χ3n) is 5.26. The summed E-state index contributed by atoms with van der Waals surface area (Å²) in [6.07, 6.45) is 3.87. The van der Waals surface area contributed by atoms with Gasteiger partial charge in [0.05, 0.1) is 18.8 Å². The van der Waals surface area contributed by atoms with Gasteiger partial charge in [0.15, 0.2) is 5.69 Å². The first-order valence-electron chi connectivity index (χ1n) is 9.54. The van der Waals surface area contributed by atoms with Crippen LogP contribution in [0.4, 0.5) is 0 Å². The molecule has 146 valence electrons. The van der Waals surface area contributed by atoms with Crippen molar-refractivity contribution in [1.29, 1.82) is 0 Å². The number of hydrogen-bond donors (Lipinski definition) is 1. The van der Waals surface area contributed by atoms with Crippen LogP contribution in [-0.2, 0) is 6.54 Å². The molecule has 1 amide bonds. The van der Waals surface area contributed by atoms with Crippen LogP contribution in [0.2, 0.25) is 0 Å². The zero-order valence-electron chi connectivity index (χ0n) is 16.4. The summed E-state index contributed by atoms with van der Waals surface area (Å²) in [5.41, 5.74) is 4.32. The molecule has 0 radical (unpaired) electrons. The van der Waals surface area contributed by atoms with Crippen LogP contribution < -0.4 is 0 Å². The molecular formula is C20H29N5O2. The van der Waals surface area contributed by atoms with Gasteiger partial charge in [-0.15, -0.1) is 5.10 Å². The predicted octanol–water partition coefficient (Wildman–Crippen LogP) is 1.80. The summed E-state index contributed by atoms with van der Waals surface area (Å²) in [4.78, 5) is 16.2. The molecule has 1 fully saturated rings. The molecule has 1 atom stereocenters. The SMILES string of the molecule is Cc1ccc(CN2CCC[C@@H](n3cc(C(=O)N(C)CCO)nn3)C2)c(C)c1. The van der Waals surface area contributed by atoms with Crippen LogP contribution in [0.3, 0.4) is 0 Å². The quantitative estimate of drug-likeness (QED) is 0.838. The molecule has 3 rings (SSSR count). The number of likely N-dealkylation sites (N-methyl/N-ethyl adjacent to an activating group) is 1. The minimum atomic E-state index is -0.210. The summed E-state index contributed by atoms with van der Waals surface area (Å²) < 4.78 is 1.83. The van der Waals surface area contributed by atoms with E-state index < -0.39 is 0 Å². The lowest BCUT2D eigenvalue weighted by Gasteiger charge is -2.32. The van der Waals surface area contributed by atoms with E-state index in [0.29, 0.717) is 12.2 Å². The lowest BCUT2D eigenvalue weighted by atomic mass is 10.0. The third-order valence-corrected chi connectivity index (χ3v) is 5.26. The number of aryl methyl sites for hydroxylation is 2. The van der Waals surface area contributed by atoms with Crippen LogP contribution in [-0.4, -0.2) is 69.1 Å². The second-order valence-electron chi connectivity index (χ2n) is 7.50. The van der Waals surface area contributed by atoms with Crippen molar-refractivity contribution in [2.45, 2.75) is 39.3 Å². The number of rotatable bonds is 6. The Morgan fingerprint density at radius 2 is 2.19 bits per heavy atom. The highest BCUT2D eigenvalue weighted by Gasteiger charge is 2.24. The number of likely N-dealkylation sites (tertiary alicyclic amines) is 1. The van der Waals surface area contributed by atoms with Crippen LogP contribution in [0.15, 0.2) is 24.4 Å². The Morgan fingerprint density at radius 3 is 2.93 bits per heavy atom. The molecular weight excluding hydrogens is 342 g/mol. The summed E-state index contributed by atoms with van der Waals surface area (Å²) in [7, 11) is 1.66. The Kier molecular flexibility index (Phi) is 6.23. The number of aliphatic hydroxyl groups excluding tert-OH is 1. The average Bonchev–Trinajstić information content (AvgIpc) is 3.14. The molecule has 2 heterocycles. The minimum absolute atomic E-state index is 0.0631. The molecule has 0 aliphatic carbocycles. The third kappa shape index (κ3) is 4.73. The van der Waals surface area contributed by atoms with Crippen molar-refractivity contribution in [3.8, 4) is 0 Å². The minimum Gasteiger partial charge on any atom is -0.395 e. The van der Waals surface area contributed by atoms with E-state index in [1.165, 1.54) is 21.6 Å². The van der Waals surface area contributed by atoms with Gasteiger partial charge in [0.25, 0.3) is 5.91 Å². The van der Waals surface area contributed by atoms with E-state index in [1.54, 1.807) is 13.2 Å². The van der Waals surface area contributed by atoms with Crippen LogP contribution in [0.5, 0.6) is 0 Å². The molecule has 0 bridgehead atoms. The number of carbonyl (C=O) groups excluding carboxylic acids is 1. The molecule has 27 heavy (non-hydrogen) atoms. The Morgan fingerprint density at radius 1 is 1.37 bits per heavy atom. The summed E-state index contributed by atoms with van der Waals surface area (Å²) >= 11 is 0. The molecule has 0 spiro atoms. The summed E-state index contributed by atoms with van der Waals surface area (Å²) in [5, 5.41) is 17.2. The highest BCUT2D eigenvalue weighted by molar-refractivity contribution is 5.91. The van der Waals surface area contributed by atoms with Gasteiger partial charge in [-0.3, -0.25) is 9.69 Å². The Hall–Kier alpha value is -2.25. The Bertz CT molecular complexity index is 788. The number of nitrogens with zero attached hydrogens (tertiary/aromatic N) is 5. The van der Waals surface area contributed by atoms with Gasteiger partial charge in [0, 0.05) is 26.7 Å². The van der Waals surface area contributed by atoms with Crippen LogP contribution >= 0.6 is 0 Å². The van der Waals surface area contributed by atoms with E-state index in [2.05, 4.69) is 47.3 Å². The molecule has 7 nitrogen and oxygen atoms in total. The van der Waals surface area contributed by atoms with Gasteiger partial charge in [-0.2, -0.15) is 0 Å². The van der Waals surface area contributed by atoms with Crippen molar-refractivity contribution in [3.05, 3.63) is 46.8 Å². The van der Waals surface area contributed by atoms with E-state index in [9.17, 15) is 4.79 Å². The molecule has 1 aliphatic heterocycles. The van der Waals surface area contributed by atoms with Gasteiger partial charge in [0.2, 0.25) is 0 Å². The average molecular weight is 371 g/mol. The first-order valence-corrected chi connectivity index (χ1v) is 9.54. The maximum atomic E-state index is 12.3. The lowest BCUT2D eigenvalue weighted by molar-refractivity contribution is 0.0761. The van der Waals surface area contributed by atoms with Gasteiger partial charge in [-0.25, -0.2) is 4.68 Å². The molecule has 1 saturated heterocycles. The number of benzene rings is 1. The van der Waals surface area contributed by atoms with E-state index in [4.69, 9.17) is 5.11 Å². The second kappa shape index (κ2) is 8.63. The van der Waals surface area contributed by atoms with Crippen LogP contribution in [0.25, 0.3) is 0 Å². The number of aromatic nitrogens is 3. The first-order chi connectivity index (χ1) is 13.0. The second-order valence-corrected chi connectivity index (χ2v) is 7.50. The molecule has 7 heteroatoms. The summed E-state index contributed by atoms with van der Waals surface area (Å²) in [6, 6.07) is 6.84. The summed E-state index contributed by atoms with van der Waals surface area (Å²) in [6.45, 7) is 7.42. The highest BCUT2D eigenvalue weighted by atomic mass is 16.3. The highest BCUT2D eigenvalue weighted by Crippen LogP contribution is 2.23. The van der Waals surface area contributed by atoms with Crippen molar-refractivity contribution in [1.82, 2.24) is 24.8 Å². The topological polar surface area (TPSA) is 74.5 Å². The largest absolute Gasteiger partial charge is 0.395 e. The fraction of sp³-hybridized carbons (Fsp3) is 0.550. The van der Waals surface area contributed by atoms with Crippen molar-refractivity contribution in [3.63, 3.8) is 0 Å². The van der Waals surface area contributed by atoms with E-state index in [-0.39, 0.29) is 18.6 Å². The number of amides is 1. The monoisotopic (exact) mass is 371 g/mol. The van der Waals surface area contributed by atoms with E-state index in [0.717, 1.165) is 32.5 Å². The van der Waals surface area contributed by atoms with Crippen molar-refractivity contribution >= 4 is 5.91 Å². The number of aliphatic hydroxyl groups is 1. The fourth-order valence-electron chi connectivity index (χ4n) is 3.66. The van der Waals surface area contributed by atoms with Gasteiger partial charge in [0.1, 0.15) is 0 Å². The van der Waals surface area contributed by atoms with E-state index in [1.807, 2.05) is 4.68 Å². The fourth-order valence-corrected chi connectivity index (χ4v) is 3.66. The number of carbonyl (C=O) groups is 1. The molecule has 0 unspecified atom stereocenters. The zero-order valence-corrected chi connectivity index (χ0v) is 16.4. The maximum absolute atomic E-state index is 12.3. The smallest absolute Gasteiger partial charge is 0.275 e. The molecule has 1 aliphatic rings. The van der Waals surface area contributed by atoms with Crippen LogP contribution in [0.1, 0.15) is 46.1 Å².